The van der Waals surface area contributed by atoms with Crippen LogP contribution in [0.5, 0.6) is 0 Å². The molecule has 1 aromatic carbocycles. The fourth-order valence-corrected chi connectivity index (χ4v) is 0.799. The highest BCUT2D eigenvalue weighted by atomic mass is 16.3. The van der Waals surface area contributed by atoms with Gasteiger partial charge in [-0.15, -0.1) is 0 Å². The number of hydrogen-bond donors (Lipinski definition) is 3. The Balaban J connectivity index is 2.96. The van der Waals surface area contributed by atoms with Gasteiger partial charge >= 0.3 is 0 Å². The first-order valence-electron chi connectivity index (χ1n) is 3.04. The molecule has 0 bridgehead atoms. The maximum absolute atomic E-state index is 8.75. The van der Waals surface area contributed by atoms with Gasteiger partial charge in [0.05, 0.1) is 12.3 Å². The van der Waals surface area contributed by atoms with Gasteiger partial charge in [0.2, 0.25) is 0 Å². The SMILES string of the molecule is NNc1ccccc1CO. The van der Waals surface area contributed by atoms with Crippen LogP contribution < -0.4 is 11.3 Å². The lowest BCUT2D eigenvalue weighted by molar-refractivity contribution is 0.282. The molecular weight excluding hydrogens is 128 g/mol. The molecule has 4 N–H and O–H groups in total. The van der Waals surface area contributed by atoms with Gasteiger partial charge in [0.25, 0.3) is 0 Å². The fourth-order valence-electron chi connectivity index (χ4n) is 0.799. The van der Waals surface area contributed by atoms with Gasteiger partial charge in [0, 0.05) is 5.56 Å². The molecule has 0 saturated carbocycles. The molecule has 10 heavy (non-hydrogen) atoms. The molecule has 3 nitrogen and oxygen atoms in total. The third kappa shape index (κ3) is 1.26. The number of benzene rings is 1. The molecule has 54 valence electrons. The summed E-state index contributed by atoms with van der Waals surface area (Å²) in [4.78, 5) is 0. The van der Waals surface area contributed by atoms with Gasteiger partial charge in [-0.2, -0.15) is 0 Å². The second kappa shape index (κ2) is 3.20. The summed E-state index contributed by atoms with van der Waals surface area (Å²) in [5.41, 5.74) is 4.07. The van der Waals surface area contributed by atoms with E-state index in [1.54, 1.807) is 0 Å². The van der Waals surface area contributed by atoms with Crippen LogP contribution in [0.15, 0.2) is 24.3 Å². The Morgan fingerprint density at radius 3 is 2.60 bits per heavy atom. The molecule has 0 radical (unpaired) electrons. The number of aliphatic hydroxyl groups is 1. The largest absolute Gasteiger partial charge is 0.392 e. The Morgan fingerprint density at radius 1 is 1.40 bits per heavy atom. The molecule has 0 aliphatic heterocycles. The molecule has 0 saturated heterocycles. The predicted octanol–water partition coefficient (Wildman–Crippen LogP) is 0.465. The standard InChI is InChI=1S/C7H10N2O/c8-9-7-4-2-1-3-6(7)5-10/h1-4,9-10H,5,8H2. The van der Waals surface area contributed by atoms with Gasteiger partial charge < -0.3 is 10.5 Å². The number of anilines is 1. The molecule has 1 aromatic rings. The highest BCUT2D eigenvalue weighted by Crippen LogP contribution is 2.12. The number of rotatable bonds is 2. The van der Waals surface area contributed by atoms with E-state index in [1.165, 1.54) is 0 Å². The van der Waals surface area contributed by atoms with E-state index in [-0.39, 0.29) is 6.61 Å². The normalized spacial score (nSPS) is 9.40. The van der Waals surface area contributed by atoms with Crippen molar-refractivity contribution in [3.05, 3.63) is 29.8 Å². The van der Waals surface area contributed by atoms with Crippen LogP contribution in [0.1, 0.15) is 5.56 Å². The molecule has 0 unspecified atom stereocenters. The van der Waals surface area contributed by atoms with Crippen molar-refractivity contribution in [1.29, 1.82) is 0 Å². The molecule has 0 fully saturated rings. The number of aliphatic hydroxyl groups excluding tert-OH is 1. The zero-order chi connectivity index (χ0) is 7.40. The van der Waals surface area contributed by atoms with Crippen molar-refractivity contribution in [2.24, 2.45) is 5.84 Å². The zero-order valence-corrected chi connectivity index (χ0v) is 5.54. The summed E-state index contributed by atoms with van der Waals surface area (Å²) in [6.07, 6.45) is 0. The van der Waals surface area contributed by atoms with Gasteiger partial charge in [0.15, 0.2) is 0 Å². The fraction of sp³-hybridized carbons (Fsp3) is 0.143. The maximum Gasteiger partial charge on any atom is 0.0702 e. The second-order valence-electron chi connectivity index (χ2n) is 1.96. The molecule has 0 heterocycles. The Bertz CT molecular complexity index is 190. The summed E-state index contributed by atoms with van der Waals surface area (Å²) in [5.74, 6) is 5.17. The van der Waals surface area contributed by atoms with Crippen molar-refractivity contribution >= 4 is 5.69 Å². The van der Waals surface area contributed by atoms with Crippen LogP contribution in [-0.2, 0) is 6.61 Å². The molecule has 3 heteroatoms. The number of nitrogens with two attached hydrogens (primary N) is 1. The minimum atomic E-state index is 0.0143. The van der Waals surface area contributed by atoms with Crippen LogP contribution in [0.3, 0.4) is 0 Å². The van der Waals surface area contributed by atoms with Gasteiger partial charge in [-0.05, 0) is 6.07 Å². The lowest BCUT2D eigenvalue weighted by Crippen LogP contribution is -2.08. The van der Waals surface area contributed by atoms with Crippen LogP contribution in [0.4, 0.5) is 5.69 Å². The van der Waals surface area contributed by atoms with E-state index in [1.807, 2.05) is 24.3 Å². The first-order valence-corrected chi connectivity index (χ1v) is 3.04. The van der Waals surface area contributed by atoms with E-state index in [2.05, 4.69) is 5.43 Å². The monoisotopic (exact) mass is 138 g/mol. The van der Waals surface area contributed by atoms with Gasteiger partial charge in [-0.1, -0.05) is 18.2 Å². The number of para-hydroxylation sites is 1. The van der Waals surface area contributed by atoms with E-state index >= 15 is 0 Å². The van der Waals surface area contributed by atoms with Crippen molar-refractivity contribution in [1.82, 2.24) is 0 Å². The quantitative estimate of drug-likeness (QED) is 0.411. The van der Waals surface area contributed by atoms with Crippen molar-refractivity contribution in [2.45, 2.75) is 6.61 Å². The number of hydrazine groups is 1. The van der Waals surface area contributed by atoms with Crippen LogP contribution in [-0.4, -0.2) is 5.11 Å². The van der Waals surface area contributed by atoms with Crippen molar-refractivity contribution in [3.63, 3.8) is 0 Å². The summed E-state index contributed by atoms with van der Waals surface area (Å²) < 4.78 is 0. The van der Waals surface area contributed by atoms with E-state index in [4.69, 9.17) is 10.9 Å². The number of nitrogens with one attached hydrogen (secondary N) is 1. The van der Waals surface area contributed by atoms with Crippen LogP contribution in [0, 0.1) is 0 Å². The minimum Gasteiger partial charge on any atom is -0.392 e. The minimum absolute atomic E-state index is 0.0143. The lowest BCUT2D eigenvalue weighted by atomic mass is 10.2. The average molecular weight is 138 g/mol. The molecule has 1 rings (SSSR count). The maximum atomic E-state index is 8.75. The average Bonchev–Trinajstić information content (AvgIpc) is 2.04. The molecular formula is C7H10N2O. The molecule has 0 spiro atoms. The predicted molar refractivity (Wildman–Crippen MR) is 40.2 cm³/mol. The van der Waals surface area contributed by atoms with Crippen molar-refractivity contribution < 1.29 is 5.11 Å². The summed E-state index contributed by atoms with van der Waals surface area (Å²) in [5, 5.41) is 8.75. The Morgan fingerprint density at radius 2 is 2.10 bits per heavy atom. The lowest BCUT2D eigenvalue weighted by Gasteiger charge is -2.03. The molecule has 0 amide bonds. The van der Waals surface area contributed by atoms with E-state index in [0.29, 0.717) is 0 Å². The Hall–Kier alpha value is -1.06. The summed E-state index contributed by atoms with van der Waals surface area (Å²) >= 11 is 0. The second-order valence-corrected chi connectivity index (χ2v) is 1.96. The zero-order valence-electron chi connectivity index (χ0n) is 5.54. The molecule has 0 atom stereocenters. The molecule has 0 aliphatic rings. The summed E-state index contributed by atoms with van der Waals surface area (Å²) in [6.45, 7) is 0.0143. The van der Waals surface area contributed by atoms with Gasteiger partial charge in [0.1, 0.15) is 0 Å². The topological polar surface area (TPSA) is 58.3 Å². The summed E-state index contributed by atoms with van der Waals surface area (Å²) in [7, 11) is 0. The first kappa shape index (κ1) is 7.05. The first-order chi connectivity index (χ1) is 4.88. The number of nitrogen functional groups attached to an aromatic ring is 1. The molecule has 0 aromatic heterocycles. The van der Waals surface area contributed by atoms with Crippen LogP contribution in [0.25, 0.3) is 0 Å². The van der Waals surface area contributed by atoms with E-state index in [9.17, 15) is 0 Å². The summed E-state index contributed by atoms with van der Waals surface area (Å²) in [6, 6.07) is 7.33. The highest BCUT2D eigenvalue weighted by Gasteiger charge is 1.94. The number of hydrogen-bond acceptors (Lipinski definition) is 3. The van der Waals surface area contributed by atoms with Crippen molar-refractivity contribution in [2.75, 3.05) is 5.43 Å². The third-order valence-corrected chi connectivity index (χ3v) is 1.34. The van der Waals surface area contributed by atoms with Crippen LogP contribution in [0.2, 0.25) is 0 Å². The Kier molecular flexibility index (Phi) is 2.25. The molecule has 0 aliphatic carbocycles. The van der Waals surface area contributed by atoms with E-state index < -0.39 is 0 Å². The van der Waals surface area contributed by atoms with Gasteiger partial charge in [-0.25, -0.2) is 0 Å². The van der Waals surface area contributed by atoms with Crippen LogP contribution >= 0.6 is 0 Å². The van der Waals surface area contributed by atoms with Gasteiger partial charge in [-0.3, -0.25) is 5.84 Å². The van der Waals surface area contributed by atoms with E-state index in [0.717, 1.165) is 11.3 Å². The third-order valence-electron chi connectivity index (χ3n) is 1.34. The Labute approximate surface area is 59.5 Å². The van der Waals surface area contributed by atoms with Crippen molar-refractivity contribution in [3.8, 4) is 0 Å². The smallest absolute Gasteiger partial charge is 0.0702 e. The highest BCUT2D eigenvalue weighted by molar-refractivity contribution is 5.49.